The molecule has 0 fully saturated rings. The molecule has 1 aromatic heterocycles. The largest absolute Gasteiger partial charge is 0.271 e. The average molecular weight is 310 g/mol. The van der Waals surface area contributed by atoms with Crippen LogP contribution in [0.4, 0.5) is 5.69 Å². The molecule has 1 aromatic carbocycles. The van der Waals surface area contributed by atoms with Crippen molar-refractivity contribution in [2.45, 2.75) is 0 Å². The quantitative estimate of drug-likeness (QED) is 0.535. The number of nitrogens with one attached hydrogen (secondary N) is 1. The van der Waals surface area contributed by atoms with Crippen LogP contribution in [0.5, 0.6) is 0 Å². The van der Waals surface area contributed by atoms with Crippen LogP contribution >= 0.6 is 22.9 Å². The second kappa shape index (κ2) is 6.27. The number of nitro benzene ring substituents is 1. The van der Waals surface area contributed by atoms with Crippen molar-refractivity contribution in [1.29, 1.82) is 0 Å². The predicted molar refractivity (Wildman–Crippen MR) is 77.5 cm³/mol. The minimum Gasteiger partial charge on any atom is -0.267 e. The summed E-state index contributed by atoms with van der Waals surface area (Å²) in [4.78, 5) is 22.5. The van der Waals surface area contributed by atoms with Crippen molar-refractivity contribution in [2.24, 2.45) is 5.10 Å². The van der Waals surface area contributed by atoms with Gasteiger partial charge in [0.05, 0.1) is 15.5 Å². The zero-order chi connectivity index (χ0) is 14.5. The number of carbonyl (C=O) groups excluding carboxylic acids is 1. The van der Waals surface area contributed by atoms with Crippen LogP contribution in [0.25, 0.3) is 0 Å². The van der Waals surface area contributed by atoms with E-state index < -0.39 is 10.8 Å². The Hall–Kier alpha value is -2.25. The lowest BCUT2D eigenvalue weighted by molar-refractivity contribution is -0.384. The van der Waals surface area contributed by atoms with Gasteiger partial charge in [-0.1, -0.05) is 11.6 Å². The molecule has 0 radical (unpaired) electrons. The molecule has 0 saturated carbocycles. The first-order valence-electron chi connectivity index (χ1n) is 5.39. The lowest BCUT2D eigenvalue weighted by Crippen LogP contribution is -2.17. The number of halogens is 1. The Morgan fingerprint density at radius 2 is 2.00 bits per heavy atom. The summed E-state index contributed by atoms with van der Waals surface area (Å²) in [6.45, 7) is 0. The fourth-order valence-electron chi connectivity index (χ4n) is 1.35. The number of rotatable bonds is 4. The number of hydrogen-bond acceptors (Lipinski definition) is 5. The number of nitrogens with zero attached hydrogens (tertiary/aromatic N) is 2. The number of carbonyl (C=O) groups is 1. The molecule has 6 nitrogen and oxygen atoms in total. The number of benzene rings is 1. The SMILES string of the molecule is O=C(N/N=C\c1ccc(Cl)s1)c1ccc([N+](=O)[O-])cc1. The van der Waals surface area contributed by atoms with Crippen molar-refractivity contribution < 1.29 is 9.72 Å². The molecule has 0 saturated heterocycles. The number of non-ortho nitro benzene ring substituents is 1. The highest BCUT2D eigenvalue weighted by Crippen LogP contribution is 2.19. The Morgan fingerprint density at radius 3 is 2.55 bits per heavy atom. The summed E-state index contributed by atoms with van der Waals surface area (Å²) < 4.78 is 0.633. The van der Waals surface area contributed by atoms with Crippen molar-refractivity contribution >= 4 is 40.7 Å². The van der Waals surface area contributed by atoms with Gasteiger partial charge in [-0.15, -0.1) is 11.3 Å². The fourth-order valence-corrected chi connectivity index (χ4v) is 2.28. The zero-order valence-electron chi connectivity index (χ0n) is 9.95. The molecule has 2 aromatic rings. The van der Waals surface area contributed by atoms with Crippen LogP contribution < -0.4 is 5.43 Å². The third-order valence-electron chi connectivity index (χ3n) is 2.29. The Labute approximate surface area is 122 Å². The molecular weight excluding hydrogens is 302 g/mol. The molecule has 20 heavy (non-hydrogen) atoms. The van der Waals surface area contributed by atoms with Crippen molar-refractivity contribution in [3.63, 3.8) is 0 Å². The van der Waals surface area contributed by atoms with E-state index in [4.69, 9.17) is 11.6 Å². The molecule has 8 heteroatoms. The van der Waals surface area contributed by atoms with E-state index >= 15 is 0 Å². The van der Waals surface area contributed by atoms with Crippen LogP contribution in [0.3, 0.4) is 0 Å². The van der Waals surface area contributed by atoms with Crippen LogP contribution in [0.2, 0.25) is 4.34 Å². The standard InChI is InChI=1S/C12H8ClN3O3S/c13-11-6-5-10(20-11)7-14-15-12(17)8-1-3-9(4-2-8)16(18)19/h1-7H,(H,15,17)/b14-7-. The fraction of sp³-hybridized carbons (Fsp3) is 0. The average Bonchev–Trinajstić information content (AvgIpc) is 2.84. The van der Waals surface area contributed by atoms with E-state index in [-0.39, 0.29) is 11.3 Å². The summed E-state index contributed by atoms with van der Waals surface area (Å²) in [5.74, 6) is -0.446. The second-order valence-corrected chi connectivity index (χ2v) is 5.39. The van der Waals surface area contributed by atoms with E-state index in [0.717, 1.165) is 4.88 Å². The molecule has 2 rings (SSSR count). The molecule has 102 valence electrons. The maximum absolute atomic E-state index is 11.7. The molecule has 0 atom stereocenters. The summed E-state index contributed by atoms with van der Waals surface area (Å²) in [5.41, 5.74) is 2.55. The first-order chi connectivity index (χ1) is 9.56. The second-order valence-electron chi connectivity index (χ2n) is 3.64. The number of nitro groups is 1. The smallest absolute Gasteiger partial charge is 0.267 e. The van der Waals surface area contributed by atoms with Gasteiger partial charge < -0.3 is 0 Å². The van der Waals surface area contributed by atoms with Crippen molar-refractivity contribution in [2.75, 3.05) is 0 Å². The maximum Gasteiger partial charge on any atom is 0.271 e. The van der Waals surface area contributed by atoms with E-state index in [9.17, 15) is 14.9 Å². The van der Waals surface area contributed by atoms with E-state index in [2.05, 4.69) is 10.5 Å². The summed E-state index contributed by atoms with van der Waals surface area (Å²) in [5, 5.41) is 14.3. The van der Waals surface area contributed by atoms with Crippen LogP contribution in [0.1, 0.15) is 15.2 Å². The Bertz CT molecular complexity index is 667. The van der Waals surface area contributed by atoms with Gasteiger partial charge in [0.25, 0.3) is 11.6 Å². The third kappa shape index (κ3) is 3.62. The number of hydrogen-bond donors (Lipinski definition) is 1. The van der Waals surface area contributed by atoms with Gasteiger partial charge in [0.15, 0.2) is 0 Å². The van der Waals surface area contributed by atoms with Crippen molar-refractivity contribution in [1.82, 2.24) is 5.43 Å². The highest BCUT2D eigenvalue weighted by atomic mass is 35.5. The first kappa shape index (κ1) is 14.2. The summed E-state index contributed by atoms with van der Waals surface area (Å²) in [7, 11) is 0. The molecule has 0 aliphatic heterocycles. The number of hydrazone groups is 1. The van der Waals surface area contributed by atoms with E-state index in [1.54, 1.807) is 12.1 Å². The van der Waals surface area contributed by atoms with Gasteiger partial charge in [-0.3, -0.25) is 14.9 Å². The highest BCUT2D eigenvalue weighted by Gasteiger charge is 2.08. The van der Waals surface area contributed by atoms with Crippen LogP contribution in [-0.2, 0) is 0 Å². The van der Waals surface area contributed by atoms with Gasteiger partial charge in [0, 0.05) is 22.6 Å². The monoisotopic (exact) mass is 309 g/mol. The van der Waals surface area contributed by atoms with Crippen LogP contribution in [0, 0.1) is 10.1 Å². The molecule has 0 aliphatic rings. The normalized spacial score (nSPS) is 10.7. The molecule has 0 aliphatic carbocycles. The van der Waals surface area contributed by atoms with E-state index in [1.165, 1.54) is 41.8 Å². The number of amides is 1. The minimum atomic E-state index is -0.527. The maximum atomic E-state index is 11.7. The Morgan fingerprint density at radius 1 is 1.30 bits per heavy atom. The van der Waals surface area contributed by atoms with Crippen LogP contribution in [-0.4, -0.2) is 17.0 Å². The Kier molecular flexibility index (Phi) is 4.44. The van der Waals surface area contributed by atoms with Gasteiger partial charge in [-0.05, 0) is 24.3 Å². The van der Waals surface area contributed by atoms with Crippen molar-refractivity contribution in [3.05, 3.63) is 61.3 Å². The highest BCUT2D eigenvalue weighted by molar-refractivity contribution is 7.17. The molecule has 0 spiro atoms. The lowest BCUT2D eigenvalue weighted by Gasteiger charge is -1.98. The molecule has 1 heterocycles. The number of thiophene rings is 1. The van der Waals surface area contributed by atoms with Gasteiger partial charge in [0.1, 0.15) is 0 Å². The minimum absolute atomic E-state index is 0.0710. The molecule has 1 N–H and O–H groups in total. The van der Waals surface area contributed by atoms with E-state index in [0.29, 0.717) is 4.34 Å². The molecule has 1 amide bonds. The van der Waals surface area contributed by atoms with Crippen LogP contribution in [0.15, 0.2) is 41.5 Å². The zero-order valence-corrected chi connectivity index (χ0v) is 11.5. The van der Waals surface area contributed by atoms with Gasteiger partial charge in [0.2, 0.25) is 0 Å². The predicted octanol–water partition coefficient (Wildman–Crippen LogP) is 3.07. The molecule has 0 bridgehead atoms. The first-order valence-corrected chi connectivity index (χ1v) is 6.59. The molecule has 0 unspecified atom stereocenters. The van der Waals surface area contributed by atoms with Gasteiger partial charge >= 0.3 is 0 Å². The lowest BCUT2D eigenvalue weighted by atomic mass is 10.2. The summed E-state index contributed by atoms with van der Waals surface area (Å²) in [6, 6.07) is 8.76. The van der Waals surface area contributed by atoms with Gasteiger partial charge in [-0.25, -0.2) is 5.43 Å². The summed E-state index contributed by atoms with van der Waals surface area (Å²) >= 11 is 7.08. The Balaban J connectivity index is 1.98. The van der Waals surface area contributed by atoms with Crippen molar-refractivity contribution in [3.8, 4) is 0 Å². The van der Waals surface area contributed by atoms with E-state index in [1.807, 2.05) is 0 Å². The van der Waals surface area contributed by atoms with Gasteiger partial charge in [-0.2, -0.15) is 5.10 Å². The molecular formula is C12H8ClN3O3S. The third-order valence-corrected chi connectivity index (χ3v) is 3.46. The summed E-state index contributed by atoms with van der Waals surface area (Å²) in [6.07, 6.45) is 1.47. The topological polar surface area (TPSA) is 84.6 Å².